The molecule has 66 valence electrons. The molecule has 1 aromatic carbocycles. The molecule has 0 saturated heterocycles. The fraction of sp³-hybridized carbons (Fsp3) is 0.250. The number of aliphatic hydroxyl groups excluding tert-OH is 1. The number of benzene rings is 1. The van der Waals surface area contributed by atoms with E-state index in [1.807, 2.05) is 0 Å². The Balaban J connectivity index is 3.01. The summed E-state index contributed by atoms with van der Waals surface area (Å²) in [5.41, 5.74) is 12.1. The Bertz CT molecular complexity index is 276. The summed E-state index contributed by atoms with van der Waals surface area (Å²) in [6.07, 6.45) is 0. The number of anilines is 1. The van der Waals surface area contributed by atoms with E-state index in [1.165, 1.54) is 12.1 Å². The summed E-state index contributed by atoms with van der Waals surface area (Å²) in [6.45, 7) is -0.158. The summed E-state index contributed by atoms with van der Waals surface area (Å²) < 4.78 is 0. The number of rotatable bonds is 2. The van der Waals surface area contributed by atoms with Gasteiger partial charge in [0.1, 0.15) is 5.75 Å². The molecule has 0 aliphatic carbocycles. The van der Waals surface area contributed by atoms with Crippen LogP contribution in [-0.4, -0.2) is 16.8 Å². The molecule has 0 aliphatic heterocycles. The van der Waals surface area contributed by atoms with Crippen LogP contribution in [0.2, 0.25) is 0 Å². The van der Waals surface area contributed by atoms with Crippen LogP contribution in [0.1, 0.15) is 11.6 Å². The molecule has 0 heterocycles. The van der Waals surface area contributed by atoms with Crippen molar-refractivity contribution < 1.29 is 10.2 Å². The first-order chi connectivity index (χ1) is 5.65. The lowest BCUT2D eigenvalue weighted by Crippen LogP contribution is -2.15. The predicted molar refractivity (Wildman–Crippen MR) is 46.5 cm³/mol. The SMILES string of the molecule is Nc1cc(O)ccc1[C@@H](N)CO. The molecule has 0 spiro atoms. The summed E-state index contributed by atoms with van der Waals surface area (Å²) in [7, 11) is 0. The molecular formula is C8H12N2O2. The van der Waals surface area contributed by atoms with E-state index in [1.54, 1.807) is 6.07 Å². The Morgan fingerprint density at radius 1 is 1.42 bits per heavy atom. The molecule has 6 N–H and O–H groups in total. The minimum absolute atomic E-state index is 0.0985. The summed E-state index contributed by atoms with van der Waals surface area (Å²) in [5, 5.41) is 17.7. The van der Waals surface area contributed by atoms with Crippen molar-refractivity contribution in [2.45, 2.75) is 6.04 Å². The third-order valence-corrected chi connectivity index (χ3v) is 1.67. The Kier molecular flexibility index (Phi) is 2.52. The van der Waals surface area contributed by atoms with Crippen LogP contribution >= 0.6 is 0 Å². The van der Waals surface area contributed by atoms with Crippen LogP contribution in [0, 0.1) is 0 Å². The van der Waals surface area contributed by atoms with Crippen LogP contribution in [0.25, 0.3) is 0 Å². The minimum atomic E-state index is -0.481. The van der Waals surface area contributed by atoms with Crippen molar-refractivity contribution >= 4 is 5.69 Å². The third-order valence-electron chi connectivity index (χ3n) is 1.67. The summed E-state index contributed by atoms with van der Waals surface area (Å²) in [6, 6.07) is 4.02. The molecule has 0 aliphatic rings. The molecule has 1 rings (SSSR count). The van der Waals surface area contributed by atoms with Crippen LogP contribution in [0.5, 0.6) is 5.75 Å². The van der Waals surface area contributed by atoms with Gasteiger partial charge in [0.25, 0.3) is 0 Å². The zero-order valence-corrected chi connectivity index (χ0v) is 6.57. The van der Waals surface area contributed by atoms with Gasteiger partial charge in [-0.1, -0.05) is 6.07 Å². The van der Waals surface area contributed by atoms with Crippen molar-refractivity contribution in [1.29, 1.82) is 0 Å². The fourth-order valence-electron chi connectivity index (χ4n) is 0.998. The van der Waals surface area contributed by atoms with E-state index >= 15 is 0 Å². The highest BCUT2D eigenvalue weighted by molar-refractivity contribution is 5.52. The highest BCUT2D eigenvalue weighted by Gasteiger charge is 2.07. The topological polar surface area (TPSA) is 92.5 Å². The van der Waals surface area contributed by atoms with Crippen LogP contribution < -0.4 is 11.5 Å². The maximum atomic E-state index is 9.01. The molecule has 4 heteroatoms. The molecule has 0 radical (unpaired) electrons. The van der Waals surface area contributed by atoms with Crippen LogP contribution in [0.3, 0.4) is 0 Å². The minimum Gasteiger partial charge on any atom is -0.508 e. The Morgan fingerprint density at radius 2 is 2.08 bits per heavy atom. The zero-order valence-electron chi connectivity index (χ0n) is 6.57. The van der Waals surface area contributed by atoms with Crippen molar-refractivity contribution in [3.8, 4) is 5.75 Å². The number of phenols is 1. The quantitative estimate of drug-likeness (QED) is 0.466. The van der Waals surface area contributed by atoms with Crippen molar-refractivity contribution in [3.63, 3.8) is 0 Å². The lowest BCUT2D eigenvalue weighted by Gasteiger charge is -2.11. The second kappa shape index (κ2) is 3.42. The van der Waals surface area contributed by atoms with E-state index < -0.39 is 6.04 Å². The molecule has 0 aromatic heterocycles. The van der Waals surface area contributed by atoms with E-state index in [0.29, 0.717) is 11.3 Å². The van der Waals surface area contributed by atoms with Gasteiger partial charge < -0.3 is 21.7 Å². The Morgan fingerprint density at radius 3 is 2.58 bits per heavy atom. The van der Waals surface area contributed by atoms with Gasteiger partial charge in [-0.15, -0.1) is 0 Å². The molecule has 0 saturated carbocycles. The van der Waals surface area contributed by atoms with Gasteiger partial charge in [-0.3, -0.25) is 0 Å². The van der Waals surface area contributed by atoms with Gasteiger partial charge in [0, 0.05) is 11.8 Å². The number of nitrogen functional groups attached to an aromatic ring is 1. The van der Waals surface area contributed by atoms with Crippen LogP contribution in [0.4, 0.5) is 5.69 Å². The third kappa shape index (κ3) is 1.66. The fourth-order valence-corrected chi connectivity index (χ4v) is 0.998. The van der Waals surface area contributed by atoms with Crippen LogP contribution in [0.15, 0.2) is 18.2 Å². The van der Waals surface area contributed by atoms with E-state index in [4.69, 9.17) is 21.7 Å². The molecule has 0 unspecified atom stereocenters. The largest absolute Gasteiger partial charge is 0.508 e. The lowest BCUT2D eigenvalue weighted by atomic mass is 10.1. The average molecular weight is 168 g/mol. The van der Waals surface area contributed by atoms with Gasteiger partial charge in [0.15, 0.2) is 0 Å². The Hall–Kier alpha value is -1.26. The maximum absolute atomic E-state index is 9.01. The van der Waals surface area contributed by atoms with Gasteiger partial charge in [0.05, 0.1) is 12.6 Å². The molecular weight excluding hydrogens is 156 g/mol. The molecule has 0 amide bonds. The average Bonchev–Trinajstić information content (AvgIpc) is 2.03. The van der Waals surface area contributed by atoms with Gasteiger partial charge in [0.2, 0.25) is 0 Å². The van der Waals surface area contributed by atoms with Crippen molar-refractivity contribution in [2.75, 3.05) is 12.3 Å². The smallest absolute Gasteiger partial charge is 0.117 e. The number of aromatic hydroxyl groups is 1. The predicted octanol–water partition coefficient (Wildman–Crippen LogP) is -0.0335. The van der Waals surface area contributed by atoms with Crippen molar-refractivity contribution in [2.24, 2.45) is 5.73 Å². The molecule has 0 bridgehead atoms. The highest BCUT2D eigenvalue weighted by Crippen LogP contribution is 2.22. The number of phenolic OH excluding ortho intramolecular Hbond substituents is 1. The first-order valence-corrected chi connectivity index (χ1v) is 3.60. The summed E-state index contributed by atoms with van der Waals surface area (Å²) in [4.78, 5) is 0. The molecule has 1 aromatic rings. The maximum Gasteiger partial charge on any atom is 0.117 e. The zero-order chi connectivity index (χ0) is 9.14. The van der Waals surface area contributed by atoms with Gasteiger partial charge >= 0.3 is 0 Å². The van der Waals surface area contributed by atoms with Crippen molar-refractivity contribution in [3.05, 3.63) is 23.8 Å². The molecule has 1 atom stereocenters. The normalized spacial score (nSPS) is 12.8. The first kappa shape index (κ1) is 8.83. The van der Waals surface area contributed by atoms with E-state index in [-0.39, 0.29) is 12.4 Å². The van der Waals surface area contributed by atoms with Gasteiger partial charge in [-0.25, -0.2) is 0 Å². The van der Waals surface area contributed by atoms with E-state index in [0.717, 1.165) is 0 Å². The first-order valence-electron chi connectivity index (χ1n) is 3.60. The lowest BCUT2D eigenvalue weighted by molar-refractivity contribution is 0.268. The number of hydrogen-bond acceptors (Lipinski definition) is 4. The summed E-state index contributed by atoms with van der Waals surface area (Å²) in [5.74, 6) is 0.0985. The molecule has 4 nitrogen and oxygen atoms in total. The highest BCUT2D eigenvalue weighted by atomic mass is 16.3. The van der Waals surface area contributed by atoms with Gasteiger partial charge in [-0.05, 0) is 11.6 Å². The van der Waals surface area contributed by atoms with E-state index in [9.17, 15) is 0 Å². The van der Waals surface area contributed by atoms with E-state index in [2.05, 4.69) is 0 Å². The Labute approximate surface area is 70.4 Å². The molecule has 0 fully saturated rings. The number of nitrogens with two attached hydrogens (primary N) is 2. The molecule has 12 heavy (non-hydrogen) atoms. The van der Waals surface area contributed by atoms with Gasteiger partial charge in [-0.2, -0.15) is 0 Å². The monoisotopic (exact) mass is 168 g/mol. The summed E-state index contributed by atoms with van der Waals surface area (Å²) >= 11 is 0. The number of aliphatic hydroxyl groups is 1. The van der Waals surface area contributed by atoms with Crippen LogP contribution in [-0.2, 0) is 0 Å². The van der Waals surface area contributed by atoms with Crippen molar-refractivity contribution in [1.82, 2.24) is 0 Å². The second-order valence-corrected chi connectivity index (χ2v) is 2.60. The standard InChI is InChI=1S/C8H12N2O2/c9-7-3-5(12)1-2-6(7)8(10)4-11/h1-3,8,11-12H,4,9-10H2/t8-/m0/s1. The number of hydrogen-bond donors (Lipinski definition) is 4. The second-order valence-electron chi connectivity index (χ2n) is 2.60.